The molecule has 0 aliphatic heterocycles. The number of aliphatic carboxylic acids is 1. The van der Waals surface area contributed by atoms with Crippen LogP contribution in [0.25, 0.3) is 10.9 Å². The molecule has 0 spiro atoms. The predicted molar refractivity (Wildman–Crippen MR) is 75.7 cm³/mol. The molecule has 1 amide bonds. The highest BCUT2D eigenvalue weighted by Crippen LogP contribution is 2.16. The van der Waals surface area contributed by atoms with E-state index < -0.39 is 12.0 Å². The second-order valence-corrected chi connectivity index (χ2v) is 4.79. The Labute approximate surface area is 116 Å². The van der Waals surface area contributed by atoms with Gasteiger partial charge in [-0.3, -0.25) is 9.78 Å². The maximum absolute atomic E-state index is 12.2. The average molecular weight is 272 g/mol. The molecule has 1 N–H and O–H groups in total. The van der Waals surface area contributed by atoms with Crippen LogP contribution in [0.2, 0.25) is 0 Å². The first kappa shape index (κ1) is 14.0. The number of amides is 1. The number of carboxylic acid groups (broad SMARTS) is 1. The van der Waals surface area contributed by atoms with Crippen LogP contribution in [-0.2, 0) is 4.79 Å². The molecule has 0 aliphatic rings. The van der Waals surface area contributed by atoms with Crippen molar-refractivity contribution in [3.05, 3.63) is 41.6 Å². The quantitative estimate of drug-likeness (QED) is 0.928. The number of hydrogen-bond acceptors (Lipinski definition) is 3. The molecular formula is C15H16N2O3. The zero-order chi connectivity index (χ0) is 14.9. The first-order chi connectivity index (χ1) is 9.40. The van der Waals surface area contributed by atoms with Crippen molar-refractivity contribution in [3.8, 4) is 0 Å². The van der Waals surface area contributed by atoms with E-state index in [9.17, 15) is 9.59 Å². The van der Waals surface area contributed by atoms with Gasteiger partial charge in [0.2, 0.25) is 0 Å². The summed E-state index contributed by atoms with van der Waals surface area (Å²) in [6, 6.07) is 8.08. The fourth-order valence-electron chi connectivity index (χ4n) is 1.91. The molecule has 5 heteroatoms. The number of hydrogen-bond donors (Lipinski definition) is 1. The first-order valence-corrected chi connectivity index (χ1v) is 6.27. The van der Waals surface area contributed by atoms with Gasteiger partial charge in [0.15, 0.2) is 0 Å². The summed E-state index contributed by atoms with van der Waals surface area (Å²) < 4.78 is 0. The number of aryl methyl sites for hydroxylation is 1. The fourth-order valence-corrected chi connectivity index (χ4v) is 1.91. The molecule has 104 valence electrons. The van der Waals surface area contributed by atoms with Crippen LogP contribution in [0.1, 0.15) is 23.0 Å². The number of benzene rings is 1. The van der Waals surface area contributed by atoms with Crippen LogP contribution in [0.15, 0.2) is 30.3 Å². The number of carboxylic acids is 1. The van der Waals surface area contributed by atoms with Crippen molar-refractivity contribution in [2.75, 3.05) is 7.05 Å². The molecule has 0 radical (unpaired) electrons. The molecule has 0 saturated heterocycles. The molecule has 1 unspecified atom stereocenters. The third kappa shape index (κ3) is 2.61. The van der Waals surface area contributed by atoms with Gasteiger partial charge in [-0.15, -0.1) is 0 Å². The summed E-state index contributed by atoms with van der Waals surface area (Å²) in [5, 5.41) is 9.81. The van der Waals surface area contributed by atoms with Gasteiger partial charge in [0, 0.05) is 23.7 Å². The van der Waals surface area contributed by atoms with Gasteiger partial charge in [-0.25, -0.2) is 4.79 Å². The third-order valence-electron chi connectivity index (χ3n) is 3.33. The summed E-state index contributed by atoms with van der Waals surface area (Å²) in [4.78, 5) is 28.7. The molecular weight excluding hydrogens is 256 g/mol. The molecule has 0 fully saturated rings. The Morgan fingerprint density at radius 2 is 1.95 bits per heavy atom. The second-order valence-electron chi connectivity index (χ2n) is 4.79. The largest absolute Gasteiger partial charge is 0.480 e. The molecule has 0 aliphatic carbocycles. The van der Waals surface area contributed by atoms with Gasteiger partial charge in [0.05, 0.1) is 5.52 Å². The van der Waals surface area contributed by atoms with Gasteiger partial charge in [-0.05, 0) is 38.1 Å². The van der Waals surface area contributed by atoms with Crippen molar-refractivity contribution in [3.63, 3.8) is 0 Å². The van der Waals surface area contributed by atoms with E-state index in [1.54, 1.807) is 18.2 Å². The van der Waals surface area contributed by atoms with E-state index in [1.807, 2.05) is 19.1 Å². The lowest BCUT2D eigenvalue weighted by Gasteiger charge is -2.21. The normalized spacial score (nSPS) is 12.2. The minimum absolute atomic E-state index is 0.317. The van der Waals surface area contributed by atoms with Gasteiger partial charge in [-0.1, -0.05) is 6.07 Å². The van der Waals surface area contributed by atoms with Crippen molar-refractivity contribution >= 4 is 22.8 Å². The third-order valence-corrected chi connectivity index (χ3v) is 3.33. The molecule has 2 aromatic rings. The van der Waals surface area contributed by atoms with Crippen LogP contribution >= 0.6 is 0 Å². The minimum atomic E-state index is -1.03. The maximum Gasteiger partial charge on any atom is 0.326 e. The van der Waals surface area contributed by atoms with E-state index in [0.717, 1.165) is 16.6 Å². The highest BCUT2D eigenvalue weighted by molar-refractivity contribution is 5.99. The fraction of sp³-hybridized carbons (Fsp3) is 0.267. The van der Waals surface area contributed by atoms with Crippen LogP contribution in [0, 0.1) is 6.92 Å². The van der Waals surface area contributed by atoms with Gasteiger partial charge in [0.1, 0.15) is 6.04 Å². The number of fused-ring (bicyclic) bond motifs is 1. The maximum atomic E-state index is 12.2. The van der Waals surface area contributed by atoms with Crippen molar-refractivity contribution in [2.45, 2.75) is 19.9 Å². The SMILES string of the molecule is Cc1ccc2cc(C(=O)N(C)C(C)C(=O)O)ccc2n1. The molecule has 1 atom stereocenters. The summed E-state index contributed by atoms with van der Waals surface area (Å²) in [5.41, 5.74) is 2.18. The topological polar surface area (TPSA) is 70.5 Å². The molecule has 1 aromatic carbocycles. The zero-order valence-electron chi connectivity index (χ0n) is 11.6. The predicted octanol–water partition coefficient (Wildman–Crippen LogP) is 2.09. The lowest BCUT2D eigenvalue weighted by Crippen LogP contribution is -2.40. The Kier molecular flexibility index (Phi) is 3.70. The smallest absolute Gasteiger partial charge is 0.326 e. The second kappa shape index (κ2) is 5.28. The van der Waals surface area contributed by atoms with E-state index in [2.05, 4.69) is 4.98 Å². The van der Waals surface area contributed by atoms with E-state index in [4.69, 9.17) is 5.11 Å². The van der Waals surface area contributed by atoms with E-state index in [0.29, 0.717) is 5.56 Å². The molecule has 2 rings (SSSR count). The van der Waals surface area contributed by atoms with Gasteiger partial charge < -0.3 is 10.0 Å². The van der Waals surface area contributed by atoms with E-state index in [1.165, 1.54) is 18.9 Å². The van der Waals surface area contributed by atoms with Gasteiger partial charge in [0.25, 0.3) is 5.91 Å². The van der Waals surface area contributed by atoms with Crippen molar-refractivity contribution in [1.29, 1.82) is 0 Å². The van der Waals surface area contributed by atoms with Crippen molar-refractivity contribution < 1.29 is 14.7 Å². The average Bonchev–Trinajstić information content (AvgIpc) is 2.44. The van der Waals surface area contributed by atoms with E-state index in [-0.39, 0.29) is 5.91 Å². The summed E-state index contributed by atoms with van der Waals surface area (Å²) in [6.45, 7) is 3.38. The van der Waals surface area contributed by atoms with Crippen molar-refractivity contribution in [1.82, 2.24) is 9.88 Å². The monoisotopic (exact) mass is 272 g/mol. The molecule has 5 nitrogen and oxygen atoms in total. The Bertz CT molecular complexity index is 682. The molecule has 1 aromatic heterocycles. The lowest BCUT2D eigenvalue weighted by molar-refractivity contribution is -0.141. The van der Waals surface area contributed by atoms with Gasteiger partial charge >= 0.3 is 5.97 Å². The van der Waals surface area contributed by atoms with Crippen molar-refractivity contribution in [2.24, 2.45) is 0 Å². The highest BCUT2D eigenvalue weighted by Gasteiger charge is 2.22. The van der Waals surface area contributed by atoms with Crippen LogP contribution in [0.3, 0.4) is 0 Å². The number of rotatable bonds is 3. The van der Waals surface area contributed by atoms with Crippen LogP contribution in [0.5, 0.6) is 0 Å². The summed E-state index contributed by atoms with van der Waals surface area (Å²) in [5.74, 6) is -1.35. The summed E-state index contributed by atoms with van der Waals surface area (Å²) >= 11 is 0. The van der Waals surface area contributed by atoms with Crippen LogP contribution < -0.4 is 0 Å². The van der Waals surface area contributed by atoms with Gasteiger partial charge in [-0.2, -0.15) is 0 Å². The number of nitrogens with zero attached hydrogens (tertiary/aromatic N) is 2. The molecule has 0 bridgehead atoms. The van der Waals surface area contributed by atoms with Crippen LogP contribution in [-0.4, -0.2) is 40.0 Å². The number of pyridine rings is 1. The zero-order valence-corrected chi connectivity index (χ0v) is 11.6. The van der Waals surface area contributed by atoms with Crippen LogP contribution in [0.4, 0.5) is 0 Å². The Morgan fingerprint density at radius 1 is 1.25 bits per heavy atom. The Morgan fingerprint density at radius 3 is 2.60 bits per heavy atom. The highest BCUT2D eigenvalue weighted by atomic mass is 16.4. The molecule has 1 heterocycles. The first-order valence-electron chi connectivity index (χ1n) is 6.27. The van der Waals surface area contributed by atoms with E-state index >= 15 is 0 Å². The lowest BCUT2D eigenvalue weighted by atomic mass is 10.1. The minimum Gasteiger partial charge on any atom is -0.480 e. The molecule has 0 saturated carbocycles. The Hall–Kier alpha value is -2.43. The Balaban J connectivity index is 2.35. The standard InChI is InChI=1S/C15H16N2O3/c1-9-4-5-11-8-12(6-7-13(11)16-9)14(18)17(3)10(2)15(19)20/h4-8,10H,1-3H3,(H,19,20). The number of carbonyl (C=O) groups excluding carboxylic acids is 1. The number of carbonyl (C=O) groups is 2. The summed E-state index contributed by atoms with van der Waals surface area (Å²) in [6.07, 6.45) is 0. The number of likely N-dealkylation sites (N-methyl/N-ethyl adjacent to an activating group) is 1. The molecule has 20 heavy (non-hydrogen) atoms. The summed E-state index contributed by atoms with van der Waals surface area (Å²) in [7, 11) is 1.48. The number of aromatic nitrogens is 1.